The van der Waals surface area contributed by atoms with Gasteiger partial charge in [-0.1, -0.05) is 6.92 Å². The van der Waals surface area contributed by atoms with Crippen molar-refractivity contribution in [3.05, 3.63) is 17.7 Å². The van der Waals surface area contributed by atoms with Crippen LogP contribution < -0.4 is 11.1 Å². The van der Waals surface area contributed by atoms with Gasteiger partial charge in [0.2, 0.25) is 0 Å². The summed E-state index contributed by atoms with van der Waals surface area (Å²) >= 11 is 0. The normalized spacial score (nSPS) is 9.73. The van der Waals surface area contributed by atoms with Crippen LogP contribution in [0.3, 0.4) is 0 Å². The Bertz CT molecular complexity index is 353. The molecule has 0 fully saturated rings. The van der Waals surface area contributed by atoms with Crippen LogP contribution in [0.25, 0.3) is 0 Å². The number of esters is 1. The van der Waals surface area contributed by atoms with Crippen LogP contribution in [0.15, 0.2) is 12.1 Å². The fourth-order valence-corrected chi connectivity index (χ4v) is 1.11. The van der Waals surface area contributed by atoms with Crippen molar-refractivity contribution in [3.63, 3.8) is 0 Å². The van der Waals surface area contributed by atoms with Crippen LogP contribution in [0.1, 0.15) is 23.7 Å². The molecule has 3 N–H and O–H groups in total. The summed E-state index contributed by atoms with van der Waals surface area (Å²) in [4.78, 5) is 15.2. The van der Waals surface area contributed by atoms with Gasteiger partial charge in [0.25, 0.3) is 0 Å². The van der Waals surface area contributed by atoms with Crippen molar-refractivity contribution >= 4 is 17.6 Å². The maximum Gasteiger partial charge on any atom is 0.341 e. The zero-order valence-corrected chi connectivity index (χ0v) is 8.91. The van der Waals surface area contributed by atoms with Gasteiger partial charge in [-0.3, -0.25) is 0 Å². The van der Waals surface area contributed by atoms with Crippen molar-refractivity contribution in [2.75, 3.05) is 24.7 Å². The van der Waals surface area contributed by atoms with E-state index in [0.717, 1.165) is 13.0 Å². The Hall–Kier alpha value is -1.78. The number of rotatable bonds is 4. The van der Waals surface area contributed by atoms with Crippen molar-refractivity contribution in [1.82, 2.24) is 4.98 Å². The predicted octanol–water partition coefficient (Wildman–Crippen LogP) is 1.27. The fraction of sp³-hybridized carbons (Fsp3) is 0.400. The zero-order valence-electron chi connectivity index (χ0n) is 8.91. The van der Waals surface area contributed by atoms with Crippen LogP contribution in [0, 0.1) is 0 Å². The standard InChI is InChI=1S/C10H15N3O2/c1-3-6-12-8-5-4-7(9(11)13-8)10(14)15-2/h4-5H,3,6H2,1-2H3,(H3,11,12,13). The van der Waals surface area contributed by atoms with Crippen LogP contribution in [0.2, 0.25) is 0 Å². The molecular formula is C10H15N3O2. The van der Waals surface area contributed by atoms with Crippen LogP contribution in [-0.4, -0.2) is 24.6 Å². The summed E-state index contributed by atoms with van der Waals surface area (Å²) < 4.78 is 4.56. The molecular weight excluding hydrogens is 194 g/mol. The van der Waals surface area contributed by atoms with Gasteiger partial charge in [-0.05, 0) is 18.6 Å². The lowest BCUT2D eigenvalue weighted by Gasteiger charge is -2.07. The van der Waals surface area contributed by atoms with Crippen LogP contribution in [-0.2, 0) is 4.74 Å². The highest BCUT2D eigenvalue weighted by Gasteiger charge is 2.10. The number of aromatic nitrogens is 1. The van der Waals surface area contributed by atoms with E-state index in [0.29, 0.717) is 11.4 Å². The molecule has 1 aromatic rings. The maximum atomic E-state index is 11.2. The minimum absolute atomic E-state index is 0.183. The summed E-state index contributed by atoms with van der Waals surface area (Å²) in [5, 5.41) is 3.08. The molecule has 1 rings (SSSR count). The predicted molar refractivity (Wildman–Crippen MR) is 58.8 cm³/mol. The average molecular weight is 209 g/mol. The highest BCUT2D eigenvalue weighted by Crippen LogP contribution is 2.13. The van der Waals surface area contributed by atoms with Crippen molar-refractivity contribution in [2.45, 2.75) is 13.3 Å². The minimum Gasteiger partial charge on any atom is -0.465 e. The molecule has 15 heavy (non-hydrogen) atoms. The molecule has 0 radical (unpaired) electrons. The average Bonchev–Trinajstić information content (AvgIpc) is 2.25. The lowest BCUT2D eigenvalue weighted by molar-refractivity contribution is 0.0601. The third kappa shape index (κ3) is 2.83. The highest BCUT2D eigenvalue weighted by molar-refractivity contribution is 5.94. The molecule has 0 saturated heterocycles. The van der Waals surface area contributed by atoms with Crippen molar-refractivity contribution in [2.24, 2.45) is 0 Å². The summed E-state index contributed by atoms with van der Waals surface area (Å²) in [6.45, 7) is 2.88. The van der Waals surface area contributed by atoms with E-state index in [2.05, 4.69) is 22.0 Å². The number of carbonyl (C=O) groups is 1. The minimum atomic E-state index is -0.470. The number of nitrogens with two attached hydrogens (primary N) is 1. The number of nitrogens with zero attached hydrogens (tertiary/aromatic N) is 1. The molecule has 0 saturated carbocycles. The molecule has 0 aliphatic heterocycles. The Kier molecular flexibility index (Phi) is 3.91. The van der Waals surface area contributed by atoms with E-state index in [4.69, 9.17) is 5.73 Å². The summed E-state index contributed by atoms with van der Waals surface area (Å²) in [7, 11) is 1.31. The topological polar surface area (TPSA) is 77.2 Å². The van der Waals surface area contributed by atoms with Crippen molar-refractivity contribution < 1.29 is 9.53 Å². The number of carbonyl (C=O) groups excluding carboxylic acids is 1. The van der Waals surface area contributed by atoms with Gasteiger partial charge < -0.3 is 15.8 Å². The highest BCUT2D eigenvalue weighted by atomic mass is 16.5. The van der Waals surface area contributed by atoms with E-state index in [1.54, 1.807) is 12.1 Å². The molecule has 1 heterocycles. The SMILES string of the molecule is CCCNc1ccc(C(=O)OC)c(N)n1. The van der Waals surface area contributed by atoms with E-state index < -0.39 is 5.97 Å². The molecule has 0 unspecified atom stereocenters. The lowest BCUT2D eigenvalue weighted by atomic mass is 10.2. The van der Waals surface area contributed by atoms with E-state index in [1.807, 2.05) is 0 Å². The second-order valence-corrected chi connectivity index (χ2v) is 3.05. The van der Waals surface area contributed by atoms with Crippen LogP contribution >= 0.6 is 0 Å². The number of nitrogens with one attached hydrogen (secondary N) is 1. The largest absolute Gasteiger partial charge is 0.465 e. The number of hydrogen-bond donors (Lipinski definition) is 2. The first-order valence-electron chi connectivity index (χ1n) is 4.77. The molecule has 0 spiro atoms. The molecule has 0 atom stereocenters. The van der Waals surface area contributed by atoms with Gasteiger partial charge in [0.15, 0.2) is 0 Å². The Labute approximate surface area is 88.6 Å². The Balaban J connectivity index is 2.83. The number of anilines is 2. The van der Waals surface area contributed by atoms with Gasteiger partial charge in [0, 0.05) is 6.54 Å². The third-order valence-corrected chi connectivity index (χ3v) is 1.89. The monoisotopic (exact) mass is 209 g/mol. The summed E-state index contributed by atoms with van der Waals surface area (Å²) in [5.74, 6) is 0.381. The van der Waals surface area contributed by atoms with E-state index in [-0.39, 0.29) is 5.82 Å². The molecule has 5 heteroatoms. The number of hydrogen-bond acceptors (Lipinski definition) is 5. The lowest BCUT2D eigenvalue weighted by Crippen LogP contribution is -2.09. The van der Waals surface area contributed by atoms with Gasteiger partial charge in [-0.2, -0.15) is 0 Å². The van der Waals surface area contributed by atoms with Gasteiger partial charge in [0.05, 0.1) is 7.11 Å². The van der Waals surface area contributed by atoms with E-state index in [1.165, 1.54) is 7.11 Å². The quantitative estimate of drug-likeness (QED) is 0.730. The molecule has 0 aromatic carbocycles. The molecule has 82 valence electrons. The van der Waals surface area contributed by atoms with E-state index in [9.17, 15) is 4.79 Å². The summed E-state index contributed by atoms with van der Waals surface area (Å²) in [6, 6.07) is 3.31. The van der Waals surface area contributed by atoms with Gasteiger partial charge >= 0.3 is 5.97 Å². The summed E-state index contributed by atoms with van der Waals surface area (Å²) in [5.41, 5.74) is 5.91. The Morgan fingerprint density at radius 3 is 2.87 bits per heavy atom. The summed E-state index contributed by atoms with van der Waals surface area (Å²) in [6.07, 6.45) is 1.00. The molecule has 1 aromatic heterocycles. The van der Waals surface area contributed by atoms with E-state index >= 15 is 0 Å². The molecule has 5 nitrogen and oxygen atoms in total. The smallest absolute Gasteiger partial charge is 0.341 e. The van der Waals surface area contributed by atoms with Crippen LogP contribution in [0.5, 0.6) is 0 Å². The second kappa shape index (κ2) is 5.19. The zero-order chi connectivity index (χ0) is 11.3. The third-order valence-electron chi connectivity index (χ3n) is 1.89. The molecule has 0 amide bonds. The number of ether oxygens (including phenoxy) is 1. The van der Waals surface area contributed by atoms with Gasteiger partial charge in [0.1, 0.15) is 17.2 Å². The number of nitrogen functional groups attached to an aromatic ring is 1. The molecule has 0 aliphatic carbocycles. The first-order valence-corrected chi connectivity index (χ1v) is 4.77. The first kappa shape index (κ1) is 11.3. The van der Waals surface area contributed by atoms with Crippen molar-refractivity contribution in [3.8, 4) is 0 Å². The Morgan fingerprint density at radius 1 is 1.60 bits per heavy atom. The first-order chi connectivity index (χ1) is 7.19. The Morgan fingerprint density at radius 2 is 2.33 bits per heavy atom. The second-order valence-electron chi connectivity index (χ2n) is 3.05. The van der Waals surface area contributed by atoms with Crippen molar-refractivity contribution in [1.29, 1.82) is 0 Å². The van der Waals surface area contributed by atoms with Crippen LogP contribution in [0.4, 0.5) is 11.6 Å². The van der Waals surface area contributed by atoms with Gasteiger partial charge in [-0.15, -0.1) is 0 Å². The van der Waals surface area contributed by atoms with Gasteiger partial charge in [-0.25, -0.2) is 9.78 Å². The maximum absolute atomic E-state index is 11.2. The molecule has 0 bridgehead atoms. The molecule has 0 aliphatic rings. The fourth-order valence-electron chi connectivity index (χ4n) is 1.11. The number of methoxy groups -OCH3 is 1. The number of pyridine rings is 1.